The van der Waals surface area contributed by atoms with Crippen molar-refractivity contribution in [3.05, 3.63) is 53.1 Å². The highest BCUT2D eigenvalue weighted by atomic mass is 16.2. The maximum Gasteiger partial charge on any atom is 0.259 e. The molecule has 3 rings (SSSR count). The van der Waals surface area contributed by atoms with Gasteiger partial charge in [0.2, 0.25) is 5.91 Å². The SMILES string of the molecule is Cc1cc(NC(=O)c2cncnc2C2CC2)ccc1C(N)=O. The van der Waals surface area contributed by atoms with Gasteiger partial charge >= 0.3 is 0 Å². The zero-order chi connectivity index (χ0) is 15.7. The molecule has 1 saturated carbocycles. The lowest BCUT2D eigenvalue weighted by Crippen LogP contribution is -2.16. The number of carbonyl (C=O) groups excluding carboxylic acids is 2. The van der Waals surface area contributed by atoms with Crippen molar-refractivity contribution in [3.8, 4) is 0 Å². The molecule has 0 spiro atoms. The highest BCUT2D eigenvalue weighted by Gasteiger charge is 2.29. The maximum absolute atomic E-state index is 12.4. The van der Waals surface area contributed by atoms with Gasteiger partial charge in [-0.25, -0.2) is 9.97 Å². The number of benzene rings is 1. The van der Waals surface area contributed by atoms with Gasteiger partial charge in [-0.1, -0.05) is 0 Å². The molecule has 112 valence electrons. The van der Waals surface area contributed by atoms with Gasteiger partial charge in [-0.15, -0.1) is 0 Å². The molecule has 0 bridgehead atoms. The number of carbonyl (C=O) groups is 2. The van der Waals surface area contributed by atoms with Crippen LogP contribution in [0.25, 0.3) is 0 Å². The average Bonchev–Trinajstić information content (AvgIpc) is 3.31. The summed E-state index contributed by atoms with van der Waals surface area (Å²) in [7, 11) is 0. The lowest BCUT2D eigenvalue weighted by atomic mass is 10.1. The third-order valence-corrected chi connectivity index (χ3v) is 3.70. The number of aromatic nitrogens is 2. The van der Waals surface area contributed by atoms with Gasteiger partial charge in [0.25, 0.3) is 5.91 Å². The standard InChI is InChI=1S/C16H16N4O2/c1-9-6-11(4-5-12(9)15(17)21)20-16(22)13-7-18-8-19-14(13)10-2-3-10/h4-8,10H,2-3H2,1H3,(H2,17,21)(H,20,22). The van der Waals surface area contributed by atoms with Crippen LogP contribution >= 0.6 is 0 Å². The highest BCUT2D eigenvalue weighted by Crippen LogP contribution is 2.40. The second-order valence-electron chi connectivity index (χ2n) is 5.44. The summed E-state index contributed by atoms with van der Waals surface area (Å²) in [6, 6.07) is 4.99. The van der Waals surface area contributed by atoms with Crippen molar-refractivity contribution < 1.29 is 9.59 Å². The number of aryl methyl sites for hydroxylation is 1. The molecule has 1 aromatic heterocycles. The quantitative estimate of drug-likeness (QED) is 0.901. The minimum absolute atomic E-state index is 0.242. The summed E-state index contributed by atoms with van der Waals surface area (Å²) < 4.78 is 0. The third-order valence-electron chi connectivity index (χ3n) is 3.70. The number of hydrogen-bond donors (Lipinski definition) is 2. The maximum atomic E-state index is 12.4. The Labute approximate surface area is 127 Å². The minimum Gasteiger partial charge on any atom is -0.366 e. The Morgan fingerprint density at radius 2 is 2.05 bits per heavy atom. The molecule has 3 N–H and O–H groups in total. The van der Waals surface area contributed by atoms with E-state index < -0.39 is 5.91 Å². The lowest BCUT2D eigenvalue weighted by Gasteiger charge is -2.10. The Balaban J connectivity index is 1.83. The zero-order valence-electron chi connectivity index (χ0n) is 12.2. The van der Waals surface area contributed by atoms with Crippen LogP contribution in [0.15, 0.2) is 30.7 Å². The van der Waals surface area contributed by atoms with Gasteiger partial charge in [0.05, 0.1) is 11.3 Å². The number of anilines is 1. The second kappa shape index (κ2) is 5.55. The monoisotopic (exact) mass is 296 g/mol. The molecule has 1 heterocycles. The van der Waals surface area contributed by atoms with E-state index in [4.69, 9.17) is 5.73 Å². The third kappa shape index (κ3) is 2.81. The molecule has 1 aliphatic rings. The van der Waals surface area contributed by atoms with E-state index >= 15 is 0 Å². The van der Waals surface area contributed by atoms with Crippen molar-refractivity contribution >= 4 is 17.5 Å². The summed E-state index contributed by atoms with van der Waals surface area (Å²) in [4.78, 5) is 31.8. The molecule has 0 saturated heterocycles. The summed E-state index contributed by atoms with van der Waals surface area (Å²) >= 11 is 0. The number of nitrogens with zero attached hydrogens (tertiary/aromatic N) is 2. The molecule has 0 aliphatic heterocycles. The zero-order valence-corrected chi connectivity index (χ0v) is 12.2. The van der Waals surface area contributed by atoms with Gasteiger partial charge in [-0.05, 0) is 43.5 Å². The number of hydrogen-bond acceptors (Lipinski definition) is 4. The largest absolute Gasteiger partial charge is 0.366 e. The van der Waals surface area contributed by atoms with Crippen molar-refractivity contribution in [1.29, 1.82) is 0 Å². The van der Waals surface area contributed by atoms with E-state index in [2.05, 4.69) is 15.3 Å². The number of nitrogens with one attached hydrogen (secondary N) is 1. The van der Waals surface area contributed by atoms with Crippen molar-refractivity contribution in [2.24, 2.45) is 5.73 Å². The first-order valence-corrected chi connectivity index (χ1v) is 7.08. The van der Waals surface area contributed by atoms with Crippen LogP contribution in [-0.2, 0) is 0 Å². The number of primary amides is 1. The van der Waals surface area contributed by atoms with E-state index in [-0.39, 0.29) is 5.91 Å². The summed E-state index contributed by atoms with van der Waals surface area (Å²) in [5.74, 6) is -0.362. The molecule has 6 heteroatoms. The van der Waals surface area contributed by atoms with Crippen molar-refractivity contribution in [1.82, 2.24) is 9.97 Å². The molecule has 1 aromatic carbocycles. The van der Waals surface area contributed by atoms with Crippen LogP contribution in [0, 0.1) is 6.92 Å². The molecular weight excluding hydrogens is 280 g/mol. The Morgan fingerprint density at radius 3 is 2.68 bits per heavy atom. The van der Waals surface area contributed by atoms with E-state index in [1.54, 1.807) is 31.3 Å². The van der Waals surface area contributed by atoms with Gasteiger partial charge in [-0.2, -0.15) is 0 Å². The van der Waals surface area contributed by atoms with Crippen molar-refractivity contribution in [2.75, 3.05) is 5.32 Å². The van der Waals surface area contributed by atoms with Crippen LogP contribution in [0.5, 0.6) is 0 Å². The first-order chi connectivity index (χ1) is 10.6. The molecule has 2 aromatic rings. The molecule has 1 fully saturated rings. The van der Waals surface area contributed by atoms with Gasteiger partial charge < -0.3 is 11.1 Å². The van der Waals surface area contributed by atoms with Crippen LogP contribution in [-0.4, -0.2) is 21.8 Å². The Kier molecular flexibility index (Phi) is 3.58. The lowest BCUT2D eigenvalue weighted by molar-refractivity contribution is 0.0997. The predicted octanol–water partition coefficient (Wildman–Crippen LogP) is 2.01. The number of rotatable bonds is 4. The fraction of sp³-hybridized carbons (Fsp3) is 0.250. The first-order valence-electron chi connectivity index (χ1n) is 7.08. The summed E-state index contributed by atoms with van der Waals surface area (Å²) in [6.07, 6.45) is 5.13. The average molecular weight is 296 g/mol. The molecule has 0 radical (unpaired) electrons. The van der Waals surface area contributed by atoms with Crippen LogP contribution in [0.1, 0.15) is 50.7 Å². The number of amides is 2. The van der Waals surface area contributed by atoms with Crippen LogP contribution in [0.3, 0.4) is 0 Å². The van der Waals surface area contributed by atoms with Gasteiger partial charge in [0.1, 0.15) is 6.33 Å². The van der Waals surface area contributed by atoms with Crippen LogP contribution in [0.4, 0.5) is 5.69 Å². The van der Waals surface area contributed by atoms with Gasteiger partial charge in [0, 0.05) is 23.4 Å². The van der Waals surface area contributed by atoms with Crippen molar-refractivity contribution in [3.63, 3.8) is 0 Å². The second-order valence-corrected chi connectivity index (χ2v) is 5.44. The van der Waals surface area contributed by atoms with Crippen LogP contribution < -0.4 is 11.1 Å². The van der Waals surface area contributed by atoms with Gasteiger partial charge in [-0.3, -0.25) is 9.59 Å². The van der Waals surface area contributed by atoms with Gasteiger partial charge in [0.15, 0.2) is 0 Å². The molecule has 0 unspecified atom stereocenters. The minimum atomic E-state index is -0.483. The molecule has 0 atom stereocenters. The van der Waals surface area contributed by atoms with Crippen molar-refractivity contribution in [2.45, 2.75) is 25.7 Å². The molecule has 1 aliphatic carbocycles. The fourth-order valence-electron chi connectivity index (χ4n) is 2.41. The Bertz CT molecular complexity index is 754. The molecule has 22 heavy (non-hydrogen) atoms. The first kappa shape index (κ1) is 14.2. The fourth-order valence-corrected chi connectivity index (χ4v) is 2.41. The summed E-state index contributed by atoms with van der Waals surface area (Å²) in [5.41, 5.74) is 8.35. The molecule has 6 nitrogen and oxygen atoms in total. The topological polar surface area (TPSA) is 98.0 Å². The predicted molar refractivity (Wildman–Crippen MR) is 81.7 cm³/mol. The van der Waals surface area contributed by atoms with E-state index in [1.165, 1.54) is 6.33 Å². The Hall–Kier alpha value is -2.76. The smallest absolute Gasteiger partial charge is 0.259 e. The van der Waals surface area contributed by atoms with Crippen LogP contribution in [0.2, 0.25) is 0 Å². The molecule has 2 amide bonds. The van der Waals surface area contributed by atoms with E-state index in [9.17, 15) is 9.59 Å². The van der Waals surface area contributed by atoms with E-state index in [0.29, 0.717) is 22.7 Å². The van der Waals surface area contributed by atoms with E-state index in [1.807, 2.05) is 0 Å². The summed E-state index contributed by atoms with van der Waals surface area (Å²) in [6.45, 7) is 1.77. The molecular formula is C16H16N4O2. The normalized spacial score (nSPS) is 13.7. The Morgan fingerprint density at radius 1 is 1.27 bits per heavy atom. The van der Waals surface area contributed by atoms with E-state index in [0.717, 1.165) is 24.1 Å². The summed E-state index contributed by atoms with van der Waals surface area (Å²) in [5, 5.41) is 2.82. The highest BCUT2D eigenvalue weighted by molar-refractivity contribution is 6.05. The number of nitrogens with two attached hydrogens (primary N) is 1.